The lowest BCUT2D eigenvalue weighted by atomic mass is 9.98. The molecule has 1 fully saturated rings. The van der Waals surface area contributed by atoms with Gasteiger partial charge in [0.05, 0.1) is 23.5 Å². The van der Waals surface area contributed by atoms with Crippen LogP contribution in [0.2, 0.25) is 0 Å². The van der Waals surface area contributed by atoms with Gasteiger partial charge < -0.3 is 15.2 Å². The van der Waals surface area contributed by atoms with Crippen LogP contribution in [0.15, 0.2) is 0 Å². The first-order valence-corrected chi connectivity index (χ1v) is 8.22. The molecule has 2 aliphatic rings. The fourth-order valence-electron chi connectivity index (χ4n) is 3.64. The van der Waals surface area contributed by atoms with Gasteiger partial charge in [-0.15, -0.1) is 0 Å². The van der Waals surface area contributed by atoms with Gasteiger partial charge in [0.25, 0.3) is 5.91 Å². The van der Waals surface area contributed by atoms with Crippen molar-refractivity contribution in [2.24, 2.45) is 0 Å². The predicted molar refractivity (Wildman–Crippen MR) is 81.6 cm³/mol. The molecule has 1 aliphatic heterocycles. The number of nitrogens with zero attached hydrogens (tertiary/aromatic N) is 1. The molecule has 0 spiro atoms. The van der Waals surface area contributed by atoms with Crippen LogP contribution in [0.4, 0.5) is 0 Å². The molecule has 0 bridgehead atoms. The van der Waals surface area contributed by atoms with E-state index in [0.717, 1.165) is 36.9 Å². The summed E-state index contributed by atoms with van der Waals surface area (Å²) in [5, 5.41) is 20.3. The minimum Gasteiger partial charge on any atom is -0.390 e. The van der Waals surface area contributed by atoms with Crippen LogP contribution in [0.3, 0.4) is 0 Å². The molecule has 6 nitrogen and oxygen atoms in total. The maximum Gasteiger partial charge on any atom is 0.272 e. The van der Waals surface area contributed by atoms with Crippen molar-refractivity contribution in [3.63, 3.8) is 0 Å². The SMILES string of the molecule is C[C@@H]1Cc2c(C(=O)NCCC3(O)CCCC3)n[nH]c2[C@H](C)O1. The Kier molecular flexibility index (Phi) is 4.23. The largest absolute Gasteiger partial charge is 0.390 e. The highest BCUT2D eigenvalue weighted by molar-refractivity contribution is 5.94. The number of hydrogen-bond acceptors (Lipinski definition) is 4. The van der Waals surface area contributed by atoms with Gasteiger partial charge >= 0.3 is 0 Å². The number of ether oxygens (including phenoxy) is 1. The number of H-pyrrole nitrogens is 1. The summed E-state index contributed by atoms with van der Waals surface area (Å²) in [7, 11) is 0. The van der Waals surface area contributed by atoms with E-state index in [-0.39, 0.29) is 18.1 Å². The number of fused-ring (bicyclic) bond motifs is 1. The molecule has 6 heteroatoms. The van der Waals surface area contributed by atoms with Crippen molar-refractivity contribution in [1.82, 2.24) is 15.5 Å². The Morgan fingerprint density at radius 2 is 2.18 bits per heavy atom. The molecule has 1 aromatic heterocycles. The molecular weight excluding hydrogens is 282 g/mol. The summed E-state index contributed by atoms with van der Waals surface area (Å²) in [5.74, 6) is -0.166. The van der Waals surface area contributed by atoms with Gasteiger partial charge in [0.15, 0.2) is 5.69 Å². The average molecular weight is 307 g/mol. The van der Waals surface area contributed by atoms with Crippen LogP contribution in [0.25, 0.3) is 0 Å². The molecule has 1 amide bonds. The lowest BCUT2D eigenvalue weighted by molar-refractivity contribution is -0.00697. The quantitative estimate of drug-likeness (QED) is 0.792. The van der Waals surface area contributed by atoms with Crippen LogP contribution >= 0.6 is 0 Å². The number of carbonyl (C=O) groups excluding carboxylic acids is 1. The van der Waals surface area contributed by atoms with E-state index in [1.54, 1.807) is 0 Å². The molecule has 3 rings (SSSR count). The Morgan fingerprint density at radius 3 is 2.91 bits per heavy atom. The Bertz CT molecular complexity index is 549. The number of hydrogen-bond donors (Lipinski definition) is 3. The smallest absolute Gasteiger partial charge is 0.272 e. The van der Waals surface area contributed by atoms with Crippen LogP contribution in [0, 0.1) is 0 Å². The molecule has 0 aromatic carbocycles. The van der Waals surface area contributed by atoms with Gasteiger partial charge in [0.2, 0.25) is 0 Å². The third-order valence-electron chi connectivity index (χ3n) is 4.86. The number of amides is 1. The van der Waals surface area contributed by atoms with E-state index in [1.165, 1.54) is 0 Å². The first-order valence-electron chi connectivity index (χ1n) is 8.22. The van der Waals surface area contributed by atoms with Crippen molar-refractivity contribution >= 4 is 5.91 Å². The lowest BCUT2D eigenvalue weighted by Gasteiger charge is -2.25. The Morgan fingerprint density at radius 1 is 1.45 bits per heavy atom. The molecule has 0 saturated heterocycles. The zero-order valence-electron chi connectivity index (χ0n) is 13.3. The number of nitrogens with one attached hydrogen (secondary N) is 2. The first kappa shape index (κ1) is 15.5. The number of carbonyl (C=O) groups is 1. The molecule has 1 aliphatic carbocycles. The minimum atomic E-state index is -0.588. The minimum absolute atomic E-state index is 0.0630. The van der Waals surface area contributed by atoms with Crippen molar-refractivity contribution < 1.29 is 14.6 Å². The number of aromatic amines is 1. The first-order chi connectivity index (χ1) is 10.5. The topological polar surface area (TPSA) is 87.2 Å². The van der Waals surface area contributed by atoms with Crippen molar-refractivity contribution in [3.8, 4) is 0 Å². The van der Waals surface area contributed by atoms with Gasteiger partial charge in [0, 0.05) is 18.5 Å². The Balaban J connectivity index is 1.61. The van der Waals surface area contributed by atoms with Crippen LogP contribution < -0.4 is 5.32 Å². The summed E-state index contributed by atoms with van der Waals surface area (Å²) in [4.78, 5) is 12.4. The predicted octanol–water partition coefficient (Wildman–Crippen LogP) is 1.86. The standard InChI is InChI=1S/C16H25N3O3/c1-10-9-12-13(11(2)22-10)18-19-14(12)15(20)17-8-7-16(21)5-3-4-6-16/h10-11,21H,3-9H2,1-2H3,(H,17,20)(H,18,19)/t10-,11+/m1/s1. The Hall–Kier alpha value is -1.40. The highest BCUT2D eigenvalue weighted by Gasteiger charge is 2.32. The number of aromatic nitrogens is 2. The van der Waals surface area contributed by atoms with Crippen LogP contribution in [-0.2, 0) is 11.2 Å². The fraction of sp³-hybridized carbons (Fsp3) is 0.750. The van der Waals surface area contributed by atoms with Gasteiger partial charge in [-0.25, -0.2) is 0 Å². The van der Waals surface area contributed by atoms with Crippen molar-refractivity contribution in [2.45, 2.75) is 70.2 Å². The molecule has 2 atom stereocenters. The van der Waals surface area contributed by atoms with Crippen LogP contribution in [-0.4, -0.2) is 39.5 Å². The van der Waals surface area contributed by atoms with Crippen molar-refractivity contribution in [3.05, 3.63) is 17.0 Å². The van der Waals surface area contributed by atoms with E-state index in [9.17, 15) is 9.90 Å². The van der Waals surface area contributed by atoms with E-state index < -0.39 is 5.60 Å². The summed E-state index contributed by atoms with van der Waals surface area (Å²) < 4.78 is 5.73. The van der Waals surface area contributed by atoms with Gasteiger partial charge in [-0.1, -0.05) is 12.8 Å². The van der Waals surface area contributed by atoms with E-state index in [2.05, 4.69) is 15.5 Å². The van der Waals surface area contributed by atoms with Gasteiger partial charge in [0.1, 0.15) is 0 Å². The summed E-state index contributed by atoms with van der Waals surface area (Å²) >= 11 is 0. The fourth-order valence-corrected chi connectivity index (χ4v) is 3.64. The third kappa shape index (κ3) is 3.03. The maximum absolute atomic E-state index is 12.4. The molecule has 122 valence electrons. The van der Waals surface area contributed by atoms with E-state index in [0.29, 0.717) is 25.1 Å². The average Bonchev–Trinajstić information content (AvgIpc) is 3.05. The maximum atomic E-state index is 12.4. The van der Waals surface area contributed by atoms with E-state index in [1.807, 2.05) is 13.8 Å². The summed E-state index contributed by atoms with van der Waals surface area (Å²) in [5.41, 5.74) is 1.74. The lowest BCUT2D eigenvalue weighted by Crippen LogP contribution is -2.33. The molecule has 22 heavy (non-hydrogen) atoms. The van der Waals surface area contributed by atoms with Crippen LogP contribution in [0.1, 0.15) is 73.8 Å². The molecule has 0 unspecified atom stereocenters. The Labute approximate surface area is 130 Å². The summed E-state index contributed by atoms with van der Waals surface area (Å²) in [6.45, 7) is 4.45. The van der Waals surface area contributed by atoms with Crippen LogP contribution in [0.5, 0.6) is 0 Å². The second-order valence-corrected chi connectivity index (χ2v) is 6.69. The normalized spacial score (nSPS) is 26.7. The zero-order valence-corrected chi connectivity index (χ0v) is 13.3. The van der Waals surface area contributed by atoms with Crippen molar-refractivity contribution in [1.29, 1.82) is 0 Å². The highest BCUT2D eigenvalue weighted by Crippen LogP contribution is 2.32. The molecule has 0 radical (unpaired) electrons. The summed E-state index contributed by atoms with van der Waals surface area (Å²) in [6, 6.07) is 0. The zero-order chi connectivity index (χ0) is 15.7. The highest BCUT2D eigenvalue weighted by atomic mass is 16.5. The molecule has 3 N–H and O–H groups in total. The molecular formula is C16H25N3O3. The molecule has 1 saturated carbocycles. The molecule has 1 aromatic rings. The number of rotatable bonds is 4. The summed E-state index contributed by atoms with van der Waals surface area (Å²) in [6.07, 6.45) is 5.17. The van der Waals surface area contributed by atoms with Gasteiger partial charge in [-0.05, 0) is 33.1 Å². The monoisotopic (exact) mass is 307 g/mol. The molecule has 2 heterocycles. The van der Waals surface area contributed by atoms with Gasteiger partial charge in [-0.3, -0.25) is 9.89 Å². The van der Waals surface area contributed by atoms with Crippen molar-refractivity contribution in [2.75, 3.05) is 6.54 Å². The third-order valence-corrected chi connectivity index (χ3v) is 4.86. The second-order valence-electron chi connectivity index (χ2n) is 6.69. The van der Waals surface area contributed by atoms with E-state index in [4.69, 9.17) is 4.74 Å². The van der Waals surface area contributed by atoms with E-state index >= 15 is 0 Å². The second kappa shape index (κ2) is 6.01. The van der Waals surface area contributed by atoms with Gasteiger partial charge in [-0.2, -0.15) is 5.10 Å². The number of aliphatic hydroxyl groups is 1.